The molecule has 0 atom stereocenters. The van der Waals surface area contributed by atoms with E-state index in [1.54, 1.807) is 0 Å². The molecule has 128 valence electrons. The van der Waals surface area contributed by atoms with Crippen molar-refractivity contribution in [1.29, 1.82) is 0 Å². The molecule has 26 heavy (non-hydrogen) atoms. The molecule has 0 saturated heterocycles. The summed E-state index contributed by atoms with van der Waals surface area (Å²) in [6, 6.07) is 31.3. The van der Waals surface area contributed by atoms with Gasteiger partial charge in [-0.3, -0.25) is 0 Å². The van der Waals surface area contributed by atoms with Gasteiger partial charge in [-0.2, -0.15) is 0 Å². The van der Waals surface area contributed by atoms with Crippen LogP contribution in [-0.4, -0.2) is 0 Å². The van der Waals surface area contributed by atoms with Gasteiger partial charge in [0.1, 0.15) is 0 Å². The van der Waals surface area contributed by atoms with Crippen LogP contribution in [-0.2, 0) is 12.8 Å². The molecule has 4 rings (SSSR count). The zero-order valence-electron chi connectivity index (χ0n) is 15.5. The average molecular weight is 336 g/mol. The molecule has 0 heterocycles. The number of hydrogen-bond acceptors (Lipinski definition) is 0. The lowest BCUT2D eigenvalue weighted by Crippen LogP contribution is -1.92. The van der Waals surface area contributed by atoms with Gasteiger partial charge in [0, 0.05) is 0 Å². The molecule has 0 aromatic heterocycles. The van der Waals surface area contributed by atoms with E-state index in [9.17, 15) is 0 Å². The fourth-order valence-corrected chi connectivity index (χ4v) is 3.47. The maximum absolute atomic E-state index is 2.33. The van der Waals surface area contributed by atoms with E-state index < -0.39 is 0 Å². The first kappa shape index (κ1) is 16.6. The molecule has 0 saturated carbocycles. The number of hydrogen-bond donors (Lipinski definition) is 0. The van der Waals surface area contributed by atoms with Gasteiger partial charge in [0.25, 0.3) is 0 Å². The van der Waals surface area contributed by atoms with Gasteiger partial charge in [-0.1, -0.05) is 96.1 Å². The summed E-state index contributed by atoms with van der Waals surface area (Å²) in [5, 5.41) is 2.67. The number of fused-ring (bicyclic) bond motifs is 1. The first-order valence-electron chi connectivity index (χ1n) is 9.33. The zero-order valence-corrected chi connectivity index (χ0v) is 15.5. The van der Waals surface area contributed by atoms with Crippen molar-refractivity contribution in [3.8, 4) is 11.1 Å². The van der Waals surface area contributed by atoms with Crippen LogP contribution in [0.3, 0.4) is 0 Å². The van der Waals surface area contributed by atoms with Crippen LogP contribution in [0, 0.1) is 13.8 Å². The second-order valence-corrected chi connectivity index (χ2v) is 7.25. The van der Waals surface area contributed by atoms with Crippen molar-refractivity contribution in [3.05, 3.63) is 107 Å². The van der Waals surface area contributed by atoms with Crippen molar-refractivity contribution in [1.82, 2.24) is 0 Å². The summed E-state index contributed by atoms with van der Waals surface area (Å²) >= 11 is 0. The van der Waals surface area contributed by atoms with E-state index in [4.69, 9.17) is 0 Å². The summed E-state index contributed by atoms with van der Waals surface area (Å²) in [5.74, 6) is 0. The number of rotatable bonds is 4. The van der Waals surface area contributed by atoms with Crippen LogP contribution in [0.25, 0.3) is 21.9 Å². The van der Waals surface area contributed by atoms with Gasteiger partial charge in [0.05, 0.1) is 0 Å². The topological polar surface area (TPSA) is 0 Å². The van der Waals surface area contributed by atoms with Crippen LogP contribution < -0.4 is 0 Å². The third-order valence-corrected chi connectivity index (χ3v) is 5.10. The van der Waals surface area contributed by atoms with E-state index in [1.807, 2.05) is 0 Å². The van der Waals surface area contributed by atoms with Crippen LogP contribution >= 0.6 is 0 Å². The predicted octanol–water partition coefficient (Wildman–Crippen LogP) is 6.91. The van der Waals surface area contributed by atoms with Crippen molar-refractivity contribution in [2.24, 2.45) is 0 Å². The Kier molecular flexibility index (Phi) is 4.58. The van der Waals surface area contributed by atoms with Crippen LogP contribution in [0.2, 0.25) is 0 Å². The van der Waals surface area contributed by atoms with E-state index in [-0.39, 0.29) is 0 Å². The molecule has 0 aliphatic rings. The smallest absolute Gasteiger partial charge is 0.0181 e. The van der Waals surface area contributed by atoms with Crippen molar-refractivity contribution >= 4 is 10.8 Å². The van der Waals surface area contributed by atoms with Crippen molar-refractivity contribution < 1.29 is 0 Å². The average Bonchev–Trinajstić information content (AvgIpc) is 2.67. The second-order valence-electron chi connectivity index (χ2n) is 7.25. The second kappa shape index (κ2) is 7.17. The highest BCUT2D eigenvalue weighted by Gasteiger charge is 2.01. The fourth-order valence-electron chi connectivity index (χ4n) is 3.47. The van der Waals surface area contributed by atoms with E-state index in [0.717, 1.165) is 12.8 Å². The molecule has 4 aromatic carbocycles. The highest BCUT2D eigenvalue weighted by atomic mass is 14.1. The predicted molar refractivity (Wildman–Crippen MR) is 113 cm³/mol. The molecule has 0 fully saturated rings. The third-order valence-electron chi connectivity index (χ3n) is 5.10. The lowest BCUT2D eigenvalue weighted by atomic mass is 9.98. The Bertz CT molecular complexity index is 1020. The molecule has 0 aliphatic carbocycles. The Balaban J connectivity index is 1.46. The van der Waals surface area contributed by atoms with Gasteiger partial charge >= 0.3 is 0 Å². The van der Waals surface area contributed by atoms with E-state index in [2.05, 4.69) is 98.8 Å². The molecule has 0 N–H and O–H groups in total. The summed E-state index contributed by atoms with van der Waals surface area (Å²) in [4.78, 5) is 0. The maximum atomic E-state index is 2.33. The van der Waals surface area contributed by atoms with Gasteiger partial charge in [-0.15, -0.1) is 0 Å². The molecule has 0 heteroatoms. The highest BCUT2D eigenvalue weighted by Crippen LogP contribution is 2.22. The Morgan fingerprint density at radius 1 is 0.462 bits per heavy atom. The summed E-state index contributed by atoms with van der Waals surface area (Å²) in [6.45, 7) is 4.27. The lowest BCUT2D eigenvalue weighted by Gasteiger charge is -2.07. The Morgan fingerprint density at radius 2 is 0.962 bits per heavy atom. The normalized spacial score (nSPS) is 11.0. The van der Waals surface area contributed by atoms with Crippen LogP contribution in [0.4, 0.5) is 0 Å². The first-order valence-corrected chi connectivity index (χ1v) is 9.33. The molecule has 0 bridgehead atoms. The van der Waals surface area contributed by atoms with E-state index in [1.165, 1.54) is 44.2 Å². The number of aryl methyl sites for hydroxylation is 4. The first-order chi connectivity index (χ1) is 12.7. The summed E-state index contributed by atoms with van der Waals surface area (Å²) in [7, 11) is 0. The molecule has 0 aliphatic heterocycles. The highest BCUT2D eigenvalue weighted by molar-refractivity contribution is 5.83. The largest absolute Gasteiger partial charge is 0.0587 e. The molecule has 0 spiro atoms. The van der Waals surface area contributed by atoms with Crippen molar-refractivity contribution in [3.63, 3.8) is 0 Å². The monoisotopic (exact) mass is 336 g/mol. The summed E-state index contributed by atoms with van der Waals surface area (Å²) in [6.07, 6.45) is 2.15. The molecule has 0 unspecified atom stereocenters. The van der Waals surface area contributed by atoms with Gasteiger partial charge in [0.15, 0.2) is 0 Å². The Labute approximate surface area is 156 Å². The SMILES string of the molecule is Cc1ccc(-c2ccc(CCc3ccc4cc(C)ccc4c3)cc2)cc1. The minimum absolute atomic E-state index is 1.07. The van der Waals surface area contributed by atoms with E-state index in [0.29, 0.717) is 0 Å². The molecule has 0 radical (unpaired) electrons. The third kappa shape index (κ3) is 3.70. The quantitative estimate of drug-likeness (QED) is 0.380. The Hall–Kier alpha value is -2.86. The Morgan fingerprint density at radius 3 is 1.69 bits per heavy atom. The summed E-state index contributed by atoms with van der Waals surface area (Å²) < 4.78 is 0. The lowest BCUT2D eigenvalue weighted by molar-refractivity contribution is 0.962. The zero-order chi connectivity index (χ0) is 17.9. The molecule has 4 aromatic rings. The molecule has 0 amide bonds. The van der Waals surface area contributed by atoms with Crippen LogP contribution in [0.15, 0.2) is 84.9 Å². The fraction of sp³-hybridized carbons (Fsp3) is 0.154. The van der Waals surface area contributed by atoms with Gasteiger partial charge in [-0.05, 0) is 59.7 Å². The molecular weight excluding hydrogens is 312 g/mol. The van der Waals surface area contributed by atoms with Gasteiger partial charge in [0.2, 0.25) is 0 Å². The standard InChI is InChI=1S/C26H24/c1-19-3-11-23(12-4-19)24-14-8-21(9-15-24)6-7-22-10-16-25-17-20(2)5-13-26(25)18-22/h3-5,8-18H,6-7H2,1-2H3. The van der Waals surface area contributed by atoms with Crippen LogP contribution in [0.1, 0.15) is 22.3 Å². The molecule has 0 nitrogen and oxygen atoms in total. The van der Waals surface area contributed by atoms with Gasteiger partial charge < -0.3 is 0 Å². The van der Waals surface area contributed by atoms with Crippen LogP contribution in [0.5, 0.6) is 0 Å². The maximum Gasteiger partial charge on any atom is -0.0181 e. The summed E-state index contributed by atoms with van der Waals surface area (Å²) in [5.41, 5.74) is 7.99. The molecular formula is C26H24. The minimum atomic E-state index is 1.07. The van der Waals surface area contributed by atoms with Gasteiger partial charge in [-0.25, -0.2) is 0 Å². The van der Waals surface area contributed by atoms with Crippen molar-refractivity contribution in [2.75, 3.05) is 0 Å². The van der Waals surface area contributed by atoms with Crippen molar-refractivity contribution in [2.45, 2.75) is 26.7 Å². The number of benzene rings is 4. The van der Waals surface area contributed by atoms with E-state index >= 15 is 0 Å². The minimum Gasteiger partial charge on any atom is -0.0587 e.